The van der Waals surface area contributed by atoms with Crippen LogP contribution < -0.4 is 22.0 Å². The maximum atomic E-state index is 15.3. The van der Waals surface area contributed by atoms with Gasteiger partial charge < -0.3 is 24.5 Å². The summed E-state index contributed by atoms with van der Waals surface area (Å²) in [5.74, 6) is -4.90. The average molecular weight is 828 g/mol. The summed E-state index contributed by atoms with van der Waals surface area (Å²) in [6.45, 7) is 5.57. The quantitative estimate of drug-likeness (QED) is 0.108. The molecule has 14 nitrogen and oxygen atoms in total. The topological polar surface area (TPSA) is 172 Å². The van der Waals surface area contributed by atoms with Crippen LogP contribution in [0.15, 0.2) is 87.1 Å². The first-order valence-electron chi connectivity index (χ1n) is 17.8. The summed E-state index contributed by atoms with van der Waals surface area (Å²) in [6.07, 6.45) is 1.97. The van der Waals surface area contributed by atoms with Gasteiger partial charge >= 0.3 is 23.4 Å². The first kappa shape index (κ1) is 40.2. The van der Waals surface area contributed by atoms with Crippen LogP contribution >= 0.6 is 11.6 Å². The second kappa shape index (κ2) is 15.7. The molecule has 59 heavy (non-hydrogen) atoms. The van der Waals surface area contributed by atoms with E-state index >= 15 is 4.39 Å². The molecule has 0 aliphatic heterocycles. The van der Waals surface area contributed by atoms with Crippen LogP contribution in [0, 0.1) is 24.4 Å². The first-order chi connectivity index (χ1) is 28.0. The summed E-state index contributed by atoms with van der Waals surface area (Å²) in [5.41, 5.74) is -1.69. The van der Waals surface area contributed by atoms with Crippen molar-refractivity contribution >= 4 is 57.2 Å². The molecule has 0 unspecified atom stereocenters. The Bertz CT molecular complexity index is 2950. The highest BCUT2D eigenvalue weighted by atomic mass is 35.5. The number of nitrogens with one attached hydrogen (secondary N) is 2. The van der Waals surface area contributed by atoms with Crippen molar-refractivity contribution in [3.05, 3.63) is 139 Å². The number of alkyl carbamates (subject to hydrolysis) is 1. The lowest BCUT2D eigenvalue weighted by atomic mass is 9.97. The summed E-state index contributed by atoms with van der Waals surface area (Å²) in [4.78, 5) is 67.0. The summed E-state index contributed by atoms with van der Waals surface area (Å²) in [5, 5.41) is 6.32. The van der Waals surface area contributed by atoms with Crippen LogP contribution in [0.4, 0.5) is 29.6 Å². The Labute approximate surface area is 337 Å². The molecule has 3 heterocycles. The molecule has 0 saturated heterocycles. The second-order valence-corrected chi connectivity index (χ2v) is 14.6. The molecule has 0 atom stereocenters. The molecule has 0 aliphatic carbocycles. The van der Waals surface area contributed by atoms with E-state index in [9.17, 15) is 28.0 Å². The maximum Gasteiger partial charge on any atom is 0.407 e. The van der Waals surface area contributed by atoms with Crippen molar-refractivity contribution in [1.82, 2.24) is 29.4 Å². The molecule has 4 aromatic carbocycles. The van der Waals surface area contributed by atoms with Gasteiger partial charge in [0.05, 0.1) is 48.4 Å². The molecule has 0 fully saturated rings. The number of carbonyl (C=O) groups excluding carboxylic acids is 2. The lowest BCUT2D eigenvalue weighted by Crippen LogP contribution is -2.42. The van der Waals surface area contributed by atoms with Crippen LogP contribution in [0.5, 0.6) is 0 Å². The standard InChI is InChI=1S/C41H33ClF3N7O7/c1-20-48-31-14-27(42)34(26(35(31)58-20)17-47-39(55)59-41(2,3)4)49-37-50-38(54)52(40(56)51(37)19-24-13-29(44)30(45)15-28(24)43)32-18-46-16-23-10-7-11-25(33(23)32)21-8-6-9-22(12-21)36(53)57-5/h6-16,18H,17,19H2,1-5H3,(H,47,55)(H,49,50,54). The van der Waals surface area contributed by atoms with Crippen molar-refractivity contribution in [3.8, 4) is 16.8 Å². The third kappa shape index (κ3) is 8.09. The van der Waals surface area contributed by atoms with Crippen molar-refractivity contribution in [3.63, 3.8) is 0 Å². The molecule has 0 aliphatic rings. The number of carbonyl (C=O) groups is 2. The summed E-state index contributed by atoms with van der Waals surface area (Å²) in [6, 6.07) is 14.0. The van der Waals surface area contributed by atoms with Crippen molar-refractivity contribution in [1.29, 1.82) is 0 Å². The van der Waals surface area contributed by atoms with Crippen LogP contribution in [0.3, 0.4) is 0 Å². The zero-order valence-electron chi connectivity index (χ0n) is 31.9. The minimum absolute atomic E-state index is 0.00506. The number of benzene rings is 4. The summed E-state index contributed by atoms with van der Waals surface area (Å²) >= 11 is 6.78. The Kier molecular flexibility index (Phi) is 10.7. The van der Waals surface area contributed by atoms with Crippen LogP contribution in [0.1, 0.15) is 48.1 Å². The Hall–Kier alpha value is -7.01. The summed E-state index contributed by atoms with van der Waals surface area (Å²) in [7, 11) is 1.25. The fourth-order valence-electron chi connectivity index (χ4n) is 6.45. The van der Waals surface area contributed by atoms with Gasteiger partial charge in [0.2, 0.25) is 5.95 Å². The number of oxazole rings is 1. The van der Waals surface area contributed by atoms with Gasteiger partial charge in [0.15, 0.2) is 23.1 Å². The van der Waals surface area contributed by atoms with Crippen molar-refractivity contribution in [2.24, 2.45) is 0 Å². The Morgan fingerprint density at radius 2 is 1.69 bits per heavy atom. The lowest BCUT2D eigenvalue weighted by Gasteiger charge is -2.21. The zero-order valence-corrected chi connectivity index (χ0v) is 32.7. The third-order valence-electron chi connectivity index (χ3n) is 8.97. The van der Waals surface area contributed by atoms with Gasteiger partial charge in [-0.15, -0.1) is 0 Å². The van der Waals surface area contributed by atoms with Gasteiger partial charge in [-0.2, -0.15) is 4.98 Å². The molecular weight excluding hydrogens is 795 g/mol. The van der Waals surface area contributed by atoms with E-state index in [1.807, 2.05) is 0 Å². The highest BCUT2D eigenvalue weighted by molar-refractivity contribution is 6.34. The van der Waals surface area contributed by atoms with Crippen LogP contribution in [0.2, 0.25) is 5.02 Å². The van der Waals surface area contributed by atoms with Gasteiger partial charge in [-0.1, -0.05) is 41.9 Å². The predicted molar refractivity (Wildman–Crippen MR) is 212 cm³/mol. The van der Waals surface area contributed by atoms with E-state index in [2.05, 4.69) is 25.6 Å². The number of hydrogen-bond acceptors (Lipinski definition) is 11. The first-order valence-corrected chi connectivity index (χ1v) is 18.2. The highest BCUT2D eigenvalue weighted by Crippen LogP contribution is 2.36. The number of methoxy groups -OCH3 is 1. The van der Waals surface area contributed by atoms with Gasteiger partial charge in [0.1, 0.15) is 16.9 Å². The number of aryl methyl sites for hydroxylation is 1. The molecule has 0 radical (unpaired) electrons. The molecule has 302 valence electrons. The number of halogens is 4. The summed E-state index contributed by atoms with van der Waals surface area (Å²) < 4.78 is 61.6. The Balaban J connectivity index is 1.45. The smallest absolute Gasteiger partial charge is 0.407 e. The molecule has 2 N–H and O–H groups in total. The monoisotopic (exact) mass is 827 g/mol. The average Bonchev–Trinajstić information content (AvgIpc) is 3.56. The fourth-order valence-corrected chi connectivity index (χ4v) is 6.71. The molecule has 1 amide bonds. The van der Waals surface area contributed by atoms with E-state index in [1.54, 1.807) is 70.2 Å². The van der Waals surface area contributed by atoms with Gasteiger partial charge in [0, 0.05) is 41.1 Å². The van der Waals surface area contributed by atoms with Crippen molar-refractivity contribution in [2.45, 2.75) is 46.4 Å². The number of pyridine rings is 1. The normalized spacial score (nSPS) is 11.5. The number of fused-ring (bicyclic) bond motifs is 2. The van der Waals surface area contributed by atoms with Gasteiger partial charge in [-0.05, 0) is 56.2 Å². The zero-order chi connectivity index (χ0) is 42.3. The predicted octanol–water partition coefficient (Wildman–Crippen LogP) is 7.73. The van der Waals surface area contributed by atoms with Gasteiger partial charge in [-0.25, -0.2) is 41.9 Å². The van der Waals surface area contributed by atoms with Crippen LogP contribution in [0.25, 0.3) is 38.7 Å². The number of aromatic nitrogens is 5. The number of amides is 1. The van der Waals surface area contributed by atoms with Crippen molar-refractivity contribution in [2.75, 3.05) is 12.4 Å². The fraction of sp³-hybridized carbons (Fsp3) is 0.195. The number of hydrogen-bond donors (Lipinski definition) is 2. The molecule has 7 aromatic rings. The number of anilines is 2. The minimum atomic E-state index is -1.46. The molecule has 0 saturated carbocycles. The second-order valence-electron chi connectivity index (χ2n) is 14.2. The molecular formula is C41H33ClF3N7O7. The third-order valence-corrected chi connectivity index (χ3v) is 9.27. The number of nitrogens with zero attached hydrogens (tertiary/aromatic N) is 5. The molecule has 3 aromatic heterocycles. The number of esters is 1. The van der Waals surface area contributed by atoms with E-state index in [-0.39, 0.29) is 45.5 Å². The van der Waals surface area contributed by atoms with E-state index in [0.717, 1.165) is 4.57 Å². The molecule has 7 rings (SSSR count). The Morgan fingerprint density at radius 1 is 0.949 bits per heavy atom. The van der Waals surface area contributed by atoms with E-state index in [4.69, 9.17) is 25.5 Å². The molecule has 18 heteroatoms. The SMILES string of the molecule is COC(=O)c1cccc(-c2cccc3cncc(-n4c(=O)nc(Nc5c(Cl)cc6nc(C)oc6c5CNC(=O)OC(C)(C)C)n(Cc5cc(F)c(F)cc5F)c4=O)c23)c1. The highest BCUT2D eigenvalue weighted by Gasteiger charge is 2.25. The van der Waals surface area contributed by atoms with Crippen LogP contribution in [-0.4, -0.2) is 48.9 Å². The van der Waals surface area contributed by atoms with Gasteiger partial charge in [-0.3, -0.25) is 9.55 Å². The largest absolute Gasteiger partial charge is 0.465 e. The van der Waals surface area contributed by atoms with Gasteiger partial charge in [0.25, 0.3) is 0 Å². The van der Waals surface area contributed by atoms with E-state index in [1.165, 1.54) is 25.6 Å². The van der Waals surface area contributed by atoms with Crippen LogP contribution in [-0.2, 0) is 22.6 Å². The molecule has 0 bridgehead atoms. The van der Waals surface area contributed by atoms with Crippen molar-refractivity contribution < 1.29 is 36.7 Å². The van der Waals surface area contributed by atoms with E-state index < -0.39 is 64.6 Å². The lowest BCUT2D eigenvalue weighted by molar-refractivity contribution is 0.0522. The molecule has 0 spiro atoms. The maximum absolute atomic E-state index is 15.3. The number of rotatable bonds is 9. The minimum Gasteiger partial charge on any atom is -0.465 e. The van der Waals surface area contributed by atoms with E-state index in [0.29, 0.717) is 44.1 Å². The Morgan fingerprint density at radius 3 is 2.44 bits per heavy atom. The number of ether oxygens (including phenoxy) is 2.